The predicted molar refractivity (Wildman–Crippen MR) is 121 cm³/mol. The Balaban J connectivity index is 1.51. The number of benzene rings is 2. The molecule has 1 N–H and O–H groups in total. The van der Waals surface area contributed by atoms with E-state index in [-0.39, 0.29) is 29.2 Å². The molecule has 0 unspecified atom stereocenters. The van der Waals surface area contributed by atoms with Gasteiger partial charge in [0.15, 0.2) is 0 Å². The Kier molecular flexibility index (Phi) is 5.65. The average Bonchev–Trinajstić information content (AvgIpc) is 2.99. The molecule has 164 valence electrons. The Morgan fingerprint density at radius 2 is 1.71 bits per heavy atom. The molecule has 2 heterocycles. The number of hydrogen-bond donors (Lipinski definition) is 1. The number of hydrogen-bond acceptors (Lipinski definition) is 4. The molecule has 2 aliphatic rings. The monoisotopic (exact) mass is 420 g/mol. The first-order valence-corrected chi connectivity index (χ1v) is 11.2. The zero-order chi connectivity index (χ0) is 22.3. The maximum absolute atomic E-state index is 13.0. The molecule has 5 nitrogen and oxygen atoms in total. The van der Waals surface area contributed by atoms with Crippen LogP contribution in [0.3, 0.4) is 0 Å². The maximum Gasteiger partial charge on any atom is 0.261 e. The van der Waals surface area contributed by atoms with Crippen molar-refractivity contribution in [3.63, 3.8) is 0 Å². The highest BCUT2D eigenvalue weighted by molar-refractivity contribution is 6.21. The first-order chi connectivity index (χ1) is 14.7. The Bertz CT molecular complexity index is 967. The summed E-state index contributed by atoms with van der Waals surface area (Å²) in [4.78, 5) is 30.0. The predicted octanol–water partition coefficient (Wildman–Crippen LogP) is 4.31. The molecule has 0 saturated carbocycles. The Morgan fingerprint density at radius 1 is 1.06 bits per heavy atom. The average molecular weight is 421 g/mol. The molecule has 1 fully saturated rings. The lowest BCUT2D eigenvalue weighted by atomic mass is 9.68. The minimum Gasteiger partial charge on any atom is -0.508 e. The van der Waals surface area contributed by atoms with Gasteiger partial charge in [-0.15, -0.1) is 0 Å². The van der Waals surface area contributed by atoms with Gasteiger partial charge in [-0.25, -0.2) is 0 Å². The van der Waals surface area contributed by atoms with E-state index in [1.165, 1.54) is 10.5 Å². The van der Waals surface area contributed by atoms with Crippen LogP contribution in [0.25, 0.3) is 0 Å². The van der Waals surface area contributed by atoms with E-state index in [4.69, 9.17) is 0 Å². The Hall–Kier alpha value is -2.66. The normalized spacial score (nSPS) is 25.2. The summed E-state index contributed by atoms with van der Waals surface area (Å²) in [5.74, 6) is 0.497. The van der Waals surface area contributed by atoms with Crippen molar-refractivity contribution < 1.29 is 14.7 Å². The lowest BCUT2D eigenvalue weighted by Gasteiger charge is -2.46. The number of carbonyl (C=O) groups is 2. The van der Waals surface area contributed by atoms with E-state index in [1.807, 2.05) is 24.3 Å². The van der Waals surface area contributed by atoms with Gasteiger partial charge < -0.3 is 10.0 Å². The fraction of sp³-hybridized carbons (Fsp3) is 0.462. The number of imide groups is 1. The van der Waals surface area contributed by atoms with Crippen molar-refractivity contribution in [2.24, 2.45) is 11.8 Å². The van der Waals surface area contributed by atoms with Gasteiger partial charge in [0.25, 0.3) is 11.8 Å². The molecular weight excluding hydrogens is 388 g/mol. The largest absolute Gasteiger partial charge is 0.508 e. The van der Waals surface area contributed by atoms with Crippen LogP contribution in [0.15, 0.2) is 48.5 Å². The summed E-state index contributed by atoms with van der Waals surface area (Å²) in [5, 5.41) is 9.94. The van der Waals surface area contributed by atoms with Crippen LogP contribution in [-0.4, -0.2) is 52.4 Å². The van der Waals surface area contributed by atoms with E-state index in [2.05, 4.69) is 38.7 Å². The minimum atomic E-state index is -0.172. The summed E-state index contributed by atoms with van der Waals surface area (Å²) < 4.78 is 0. The van der Waals surface area contributed by atoms with Gasteiger partial charge in [0.1, 0.15) is 5.75 Å². The van der Waals surface area contributed by atoms with Crippen LogP contribution in [0.1, 0.15) is 60.4 Å². The van der Waals surface area contributed by atoms with E-state index in [1.54, 1.807) is 18.2 Å². The van der Waals surface area contributed by atoms with Gasteiger partial charge in [-0.2, -0.15) is 0 Å². The molecule has 0 aliphatic carbocycles. The number of fused-ring (bicyclic) bond motifs is 1. The second kappa shape index (κ2) is 8.12. The van der Waals surface area contributed by atoms with E-state index >= 15 is 0 Å². The van der Waals surface area contributed by atoms with Crippen LogP contribution >= 0.6 is 0 Å². The van der Waals surface area contributed by atoms with E-state index in [0.717, 1.165) is 19.5 Å². The highest BCUT2D eigenvalue weighted by Crippen LogP contribution is 2.40. The summed E-state index contributed by atoms with van der Waals surface area (Å²) in [5.41, 5.74) is 2.18. The third-order valence-corrected chi connectivity index (χ3v) is 7.44. The smallest absolute Gasteiger partial charge is 0.261 e. The zero-order valence-electron chi connectivity index (χ0n) is 18.8. The molecule has 31 heavy (non-hydrogen) atoms. The number of carbonyl (C=O) groups excluding carboxylic acids is 2. The maximum atomic E-state index is 13.0. The fourth-order valence-corrected chi connectivity index (χ4v) is 5.14. The second-order valence-electron chi connectivity index (χ2n) is 9.72. The topological polar surface area (TPSA) is 60.9 Å². The van der Waals surface area contributed by atoms with Gasteiger partial charge in [-0.05, 0) is 60.0 Å². The molecule has 5 heteroatoms. The second-order valence-corrected chi connectivity index (χ2v) is 9.72. The number of nitrogens with zero attached hydrogens (tertiary/aromatic N) is 2. The van der Waals surface area contributed by atoms with Crippen molar-refractivity contribution in [3.8, 4) is 5.75 Å². The standard InChI is InChI=1S/C26H32N2O3/c1-17(2)23(28-24(30)21-10-5-6-11-22(21)25(28)31)16-27-13-12-26(4,18(3)15-27)19-8-7-9-20(29)14-19/h5-11,14,17-18,23,29H,12-13,15-16H2,1-4H3/t18-,23+,26+/m0/s1. The van der Waals surface area contributed by atoms with Crippen LogP contribution in [0, 0.1) is 11.8 Å². The summed E-state index contributed by atoms with van der Waals surface area (Å²) in [6.07, 6.45) is 0.963. The number of likely N-dealkylation sites (tertiary alicyclic amines) is 1. The van der Waals surface area contributed by atoms with Crippen molar-refractivity contribution >= 4 is 11.8 Å². The fourth-order valence-electron chi connectivity index (χ4n) is 5.14. The minimum absolute atomic E-state index is 0.0158. The van der Waals surface area contributed by atoms with Crippen molar-refractivity contribution in [2.45, 2.75) is 45.6 Å². The molecule has 0 aromatic heterocycles. The lowest BCUT2D eigenvalue weighted by molar-refractivity contribution is 0.0402. The van der Waals surface area contributed by atoms with Crippen molar-refractivity contribution in [2.75, 3.05) is 19.6 Å². The van der Waals surface area contributed by atoms with Crippen LogP contribution in [0.5, 0.6) is 5.75 Å². The molecule has 2 aliphatic heterocycles. The summed E-state index contributed by atoms with van der Waals surface area (Å²) in [7, 11) is 0. The lowest BCUT2D eigenvalue weighted by Crippen LogP contribution is -2.54. The van der Waals surface area contributed by atoms with Gasteiger partial charge in [-0.1, -0.05) is 52.0 Å². The highest BCUT2D eigenvalue weighted by Gasteiger charge is 2.43. The number of rotatable bonds is 5. The molecule has 1 saturated heterocycles. The summed E-state index contributed by atoms with van der Waals surface area (Å²) in [6.45, 7) is 11.2. The summed E-state index contributed by atoms with van der Waals surface area (Å²) >= 11 is 0. The van der Waals surface area contributed by atoms with E-state index in [0.29, 0.717) is 29.3 Å². The first kappa shape index (κ1) is 21.6. The SMILES string of the molecule is CC(C)[C@@H](CN1CC[C@@](C)(c2cccc(O)c2)[C@@H](C)C1)N1C(=O)c2ccccc2C1=O. The third-order valence-electron chi connectivity index (χ3n) is 7.44. The molecule has 4 rings (SSSR count). The number of phenols is 1. The molecule has 3 atom stereocenters. The van der Waals surface area contributed by atoms with Crippen molar-refractivity contribution in [1.29, 1.82) is 0 Å². The summed E-state index contributed by atoms with van der Waals surface area (Å²) in [6, 6.07) is 14.5. The van der Waals surface area contributed by atoms with Gasteiger partial charge in [0.2, 0.25) is 0 Å². The van der Waals surface area contributed by atoms with Gasteiger partial charge in [0, 0.05) is 13.1 Å². The van der Waals surface area contributed by atoms with E-state index < -0.39 is 0 Å². The van der Waals surface area contributed by atoms with Gasteiger partial charge in [0.05, 0.1) is 17.2 Å². The highest BCUT2D eigenvalue weighted by atomic mass is 16.3. The Labute approximate surface area is 184 Å². The first-order valence-electron chi connectivity index (χ1n) is 11.2. The van der Waals surface area contributed by atoms with Crippen LogP contribution < -0.4 is 0 Å². The molecule has 0 bridgehead atoms. The molecule has 0 spiro atoms. The Morgan fingerprint density at radius 3 is 2.26 bits per heavy atom. The number of piperidine rings is 1. The molecule has 0 radical (unpaired) electrons. The van der Waals surface area contributed by atoms with Crippen LogP contribution in [0.4, 0.5) is 0 Å². The zero-order valence-corrected chi connectivity index (χ0v) is 18.8. The van der Waals surface area contributed by atoms with Gasteiger partial charge >= 0.3 is 0 Å². The quantitative estimate of drug-likeness (QED) is 0.732. The third kappa shape index (κ3) is 3.76. The van der Waals surface area contributed by atoms with Crippen LogP contribution in [0.2, 0.25) is 0 Å². The molecule has 2 aromatic carbocycles. The number of aromatic hydroxyl groups is 1. The molecule has 2 aromatic rings. The number of amides is 2. The van der Waals surface area contributed by atoms with Gasteiger partial charge in [-0.3, -0.25) is 14.5 Å². The van der Waals surface area contributed by atoms with Crippen molar-refractivity contribution in [3.05, 3.63) is 65.2 Å². The van der Waals surface area contributed by atoms with Crippen molar-refractivity contribution in [1.82, 2.24) is 9.80 Å². The van der Waals surface area contributed by atoms with E-state index in [9.17, 15) is 14.7 Å². The molecule has 2 amide bonds. The van der Waals surface area contributed by atoms with Crippen LogP contribution in [-0.2, 0) is 5.41 Å². The molecular formula is C26H32N2O3. The number of phenolic OH excluding ortho intramolecular Hbond substituents is 1.